The van der Waals surface area contributed by atoms with Crippen molar-refractivity contribution in [1.29, 1.82) is 0 Å². The molecule has 3 heteroatoms. The fourth-order valence-electron chi connectivity index (χ4n) is 3.16. The van der Waals surface area contributed by atoms with Gasteiger partial charge in [-0.2, -0.15) is 0 Å². The second kappa shape index (κ2) is 8.77. The van der Waals surface area contributed by atoms with Gasteiger partial charge in [-0.05, 0) is 64.0 Å². The van der Waals surface area contributed by atoms with E-state index in [9.17, 15) is 0 Å². The maximum Gasteiger partial charge on any atom is 0.0409 e. The van der Waals surface area contributed by atoms with Gasteiger partial charge in [-0.1, -0.05) is 43.0 Å². The van der Waals surface area contributed by atoms with E-state index >= 15 is 0 Å². The lowest BCUT2D eigenvalue weighted by Gasteiger charge is -2.26. The van der Waals surface area contributed by atoms with Crippen LogP contribution in [-0.2, 0) is 0 Å². The molecule has 0 spiro atoms. The number of hydrogen-bond donors (Lipinski definition) is 1. The number of hydrogen-bond acceptors (Lipinski definition) is 2. The summed E-state index contributed by atoms with van der Waals surface area (Å²) in [5, 5.41) is 4.54. The molecule has 1 aromatic rings. The molecule has 0 heterocycles. The Kier molecular flexibility index (Phi) is 7.01. The van der Waals surface area contributed by atoms with Gasteiger partial charge in [0.15, 0.2) is 0 Å². The van der Waals surface area contributed by atoms with E-state index < -0.39 is 0 Å². The van der Waals surface area contributed by atoms with Crippen LogP contribution in [0.25, 0.3) is 0 Å². The average molecular weight is 309 g/mol. The van der Waals surface area contributed by atoms with E-state index in [1.165, 1.54) is 44.1 Å². The summed E-state index contributed by atoms with van der Waals surface area (Å²) in [5.74, 6) is 0. The van der Waals surface area contributed by atoms with E-state index in [0.717, 1.165) is 24.2 Å². The van der Waals surface area contributed by atoms with Gasteiger partial charge < -0.3 is 5.32 Å². The number of rotatable bonds is 7. The lowest BCUT2D eigenvalue weighted by Crippen LogP contribution is -2.33. The summed E-state index contributed by atoms with van der Waals surface area (Å²) < 4.78 is 0. The lowest BCUT2D eigenvalue weighted by atomic mass is 9.95. The summed E-state index contributed by atoms with van der Waals surface area (Å²) in [6, 6.07) is 9.39. The van der Waals surface area contributed by atoms with Crippen LogP contribution in [0.15, 0.2) is 24.3 Å². The minimum absolute atomic E-state index is 0.415. The van der Waals surface area contributed by atoms with E-state index in [2.05, 4.69) is 36.3 Å². The molecule has 21 heavy (non-hydrogen) atoms. The SMILES string of the molecule is CC(c1cccc(Cl)c1)N(C)CCCNC1CCCCC1. The first-order valence-electron chi connectivity index (χ1n) is 8.36. The quantitative estimate of drug-likeness (QED) is 0.738. The highest BCUT2D eigenvalue weighted by atomic mass is 35.5. The maximum atomic E-state index is 6.08. The summed E-state index contributed by atoms with van der Waals surface area (Å²) >= 11 is 6.08. The van der Waals surface area contributed by atoms with Crippen molar-refractivity contribution in [2.24, 2.45) is 0 Å². The summed E-state index contributed by atoms with van der Waals surface area (Å²) in [4.78, 5) is 2.41. The third-order valence-electron chi connectivity index (χ3n) is 4.72. The zero-order valence-electron chi connectivity index (χ0n) is 13.4. The molecule has 1 unspecified atom stereocenters. The van der Waals surface area contributed by atoms with Gasteiger partial charge in [-0.25, -0.2) is 0 Å². The Hall–Kier alpha value is -0.570. The Morgan fingerprint density at radius 1 is 1.29 bits per heavy atom. The van der Waals surface area contributed by atoms with Crippen molar-refractivity contribution in [1.82, 2.24) is 10.2 Å². The van der Waals surface area contributed by atoms with E-state index in [1.807, 2.05) is 12.1 Å². The van der Waals surface area contributed by atoms with Crippen LogP contribution in [0.1, 0.15) is 57.1 Å². The van der Waals surface area contributed by atoms with Crippen LogP contribution >= 0.6 is 11.6 Å². The van der Waals surface area contributed by atoms with Gasteiger partial charge in [-0.15, -0.1) is 0 Å². The molecule has 1 N–H and O–H groups in total. The zero-order chi connectivity index (χ0) is 15.1. The smallest absolute Gasteiger partial charge is 0.0409 e. The highest BCUT2D eigenvalue weighted by molar-refractivity contribution is 6.30. The van der Waals surface area contributed by atoms with Crippen molar-refractivity contribution in [3.05, 3.63) is 34.9 Å². The van der Waals surface area contributed by atoms with Gasteiger partial charge in [0, 0.05) is 17.1 Å². The standard InChI is InChI=1S/C18H29ClN2/c1-15(16-8-6-9-17(19)14-16)21(2)13-7-12-20-18-10-4-3-5-11-18/h6,8-9,14-15,18,20H,3-5,7,10-13H2,1-2H3. The predicted molar refractivity (Wildman–Crippen MR) is 92.0 cm³/mol. The molecule has 1 atom stereocenters. The van der Waals surface area contributed by atoms with Crippen LogP contribution in [0, 0.1) is 0 Å². The minimum atomic E-state index is 0.415. The molecule has 1 aliphatic rings. The molecule has 2 nitrogen and oxygen atoms in total. The van der Waals surface area contributed by atoms with E-state index in [0.29, 0.717) is 6.04 Å². The van der Waals surface area contributed by atoms with Gasteiger partial charge in [0.2, 0.25) is 0 Å². The van der Waals surface area contributed by atoms with Crippen molar-refractivity contribution >= 4 is 11.6 Å². The summed E-state index contributed by atoms with van der Waals surface area (Å²) in [6.45, 7) is 4.50. The van der Waals surface area contributed by atoms with E-state index in [1.54, 1.807) is 0 Å². The third-order valence-corrected chi connectivity index (χ3v) is 4.95. The fraction of sp³-hybridized carbons (Fsp3) is 0.667. The molecule has 1 aromatic carbocycles. The molecule has 1 fully saturated rings. The van der Waals surface area contributed by atoms with Gasteiger partial charge in [-0.3, -0.25) is 4.90 Å². The van der Waals surface area contributed by atoms with Gasteiger partial charge in [0.05, 0.1) is 0 Å². The van der Waals surface area contributed by atoms with E-state index in [4.69, 9.17) is 11.6 Å². The molecule has 1 aliphatic carbocycles. The predicted octanol–water partition coefficient (Wildman–Crippen LogP) is 4.65. The van der Waals surface area contributed by atoms with Crippen LogP contribution in [0.5, 0.6) is 0 Å². The summed E-state index contributed by atoms with van der Waals surface area (Å²) in [6.07, 6.45) is 8.19. The molecule has 2 rings (SSSR count). The largest absolute Gasteiger partial charge is 0.314 e. The molecule has 118 valence electrons. The van der Waals surface area contributed by atoms with Crippen LogP contribution in [0.2, 0.25) is 5.02 Å². The van der Waals surface area contributed by atoms with Crippen molar-refractivity contribution < 1.29 is 0 Å². The topological polar surface area (TPSA) is 15.3 Å². The highest BCUT2D eigenvalue weighted by Crippen LogP contribution is 2.22. The highest BCUT2D eigenvalue weighted by Gasteiger charge is 2.13. The first-order chi connectivity index (χ1) is 10.2. The zero-order valence-corrected chi connectivity index (χ0v) is 14.2. The van der Waals surface area contributed by atoms with Crippen molar-refractivity contribution in [2.45, 2.75) is 57.5 Å². The number of benzene rings is 1. The van der Waals surface area contributed by atoms with Crippen LogP contribution in [-0.4, -0.2) is 31.1 Å². The molecule has 1 saturated carbocycles. The summed E-state index contributed by atoms with van der Waals surface area (Å²) in [7, 11) is 2.20. The maximum absolute atomic E-state index is 6.08. The van der Waals surface area contributed by atoms with Gasteiger partial charge >= 0.3 is 0 Å². The Morgan fingerprint density at radius 3 is 2.76 bits per heavy atom. The molecule has 0 aromatic heterocycles. The molecule has 0 radical (unpaired) electrons. The van der Waals surface area contributed by atoms with E-state index in [-0.39, 0.29) is 0 Å². The fourth-order valence-corrected chi connectivity index (χ4v) is 3.35. The monoisotopic (exact) mass is 308 g/mol. The summed E-state index contributed by atoms with van der Waals surface area (Å²) in [5.41, 5.74) is 1.30. The van der Waals surface area contributed by atoms with Crippen molar-refractivity contribution in [3.63, 3.8) is 0 Å². The Morgan fingerprint density at radius 2 is 2.05 bits per heavy atom. The van der Waals surface area contributed by atoms with Crippen LogP contribution in [0.3, 0.4) is 0 Å². The van der Waals surface area contributed by atoms with Crippen molar-refractivity contribution in [3.8, 4) is 0 Å². The Balaban J connectivity index is 1.67. The number of nitrogens with one attached hydrogen (secondary N) is 1. The van der Waals surface area contributed by atoms with Crippen LogP contribution < -0.4 is 5.32 Å². The molecule has 0 bridgehead atoms. The number of nitrogens with zero attached hydrogens (tertiary/aromatic N) is 1. The Bertz CT molecular complexity index is 415. The normalized spacial score (nSPS) is 18.1. The molecule has 0 amide bonds. The van der Waals surface area contributed by atoms with Gasteiger partial charge in [0.25, 0.3) is 0 Å². The van der Waals surface area contributed by atoms with Crippen molar-refractivity contribution in [2.75, 3.05) is 20.1 Å². The Labute approximate surface area is 134 Å². The average Bonchev–Trinajstić information content (AvgIpc) is 2.51. The third kappa shape index (κ3) is 5.61. The molecule has 0 saturated heterocycles. The lowest BCUT2D eigenvalue weighted by molar-refractivity contribution is 0.253. The first-order valence-corrected chi connectivity index (χ1v) is 8.73. The minimum Gasteiger partial charge on any atom is -0.314 e. The second-order valence-corrected chi connectivity index (χ2v) is 6.79. The molecular weight excluding hydrogens is 280 g/mol. The molecule has 0 aliphatic heterocycles. The first kappa shape index (κ1) is 16.8. The van der Waals surface area contributed by atoms with Gasteiger partial charge in [0.1, 0.15) is 0 Å². The number of halogens is 1. The van der Waals surface area contributed by atoms with Crippen LogP contribution in [0.4, 0.5) is 0 Å². The molecular formula is C18H29ClN2. The second-order valence-electron chi connectivity index (χ2n) is 6.35.